The van der Waals surface area contributed by atoms with Gasteiger partial charge in [0, 0.05) is 18.0 Å². The van der Waals surface area contributed by atoms with Gasteiger partial charge < -0.3 is 4.90 Å². The van der Waals surface area contributed by atoms with E-state index in [2.05, 4.69) is 4.90 Å². The van der Waals surface area contributed by atoms with Crippen LogP contribution in [0.5, 0.6) is 0 Å². The quantitative estimate of drug-likeness (QED) is 0.783. The number of alkyl halides is 3. The van der Waals surface area contributed by atoms with E-state index in [-0.39, 0.29) is 11.7 Å². The van der Waals surface area contributed by atoms with Crippen molar-refractivity contribution in [3.05, 3.63) is 35.4 Å². The van der Waals surface area contributed by atoms with E-state index in [1.165, 1.54) is 18.6 Å². The Labute approximate surface area is 122 Å². The normalized spacial score (nSPS) is 18.5. The second-order valence-corrected chi connectivity index (χ2v) is 5.70. The minimum Gasteiger partial charge on any atom is -0.303 e. The zero-order valence-corrected chi connectivity index (χ0v) is 12.1. The van der Waals surface area contributed by atoms with Gasteiger partial charge in [0.15, 0.2) is 5.78 Å². The zero-order valence-electron chi connectivity index (χ0n) is 12.1. The Hall–Kier alpha value is -1.36. The fraction of sp³-hybridized carbons (Fsp3) is 0.562. The first-order valence-electron chi connectivity index (χ1n) is 7.32. The predicted octanol–water partition coefficient (Wildman–Crippen LogP) is 4.01. The summed E-state index contributed by atoms with van der Waals surface area (Å²) in [7, 11) is 0. The molecule has 1 aromatic rings. The highest BCUT2D eigenvalue weighted by molar-refractivity contribution is 5.97. The van der Waals surface area contributed by atoms with Crippen LogP contribution in [-0.2, 0) is 6.18 Å². The van der Waals surface area contributed by atoms with Crippen LogP contribution in [0.4, 0.5) is 13.2 Å². The largest absolute Gasteiger partial charge is 0.416 e. The van der Waals surface area contributed by atoms with Gasteiger partial charge in [-0.25, -0.2) is 0 Å². The topological polar surface area (TPSA) is 20.3 Å². The molecule has 1 aliphatic rings. The van der Waals surface area contributed by atoms with Crippen molar-refractivity contribution in [1.82, 2.24) is 4.90 Å². The van der Waals surface area contributed by atoms with Crippen molar-refractivity contribution in [2.75, 3.05) is 19.6 Å². The van der Waals surface area contributed by atoms with Gasteiger partial charge in [-0.3, -0.25) is 4.79 Å². The molecule has 0 spiro atoms. The predicted molar refractivity (Wildman–Crippen MR) is 75.2 cm³/mol. The van der Waals surface area contributed by atoms with Gasteiger partial charge in [0.25, 0.3) is 0 Å². The van der Waals surface area contributed by atoms with E-state index >= 15 is 0 Å². The summed E-state index contributed by atoms with van der Waals surface area (Å²) in [4.78, 5) is 14.5. The number of ketones is 1. The Balaban J connectivity index is 1.98. The lowest BCUT2D eigenvalue weighted by Crippen LogP contribution is -2.35. The van der Waals surface area contributed by atoms with E-state index in [1.54, 1.807) is 0 Å². The summed E-state index contributed by atoms with van der Waals surface area (Å²) < 4.78 is 37.5. The molecule has 5 heteroatoms. The van der Waals surface area contributed by atoms with E-state index in [0.717, 1.165) is 38.1 Å². The highest BCUT2D eigenvalue weighted by Gasteiger charge is 2.30. The van der Waals surface area contributed by atoms with Crippen molar-refractivity contribution >= 4 is 5.78 Å². The van der Waals surface area contributed by atoms with Gasteiger partial charge in [0.2, 0.25) is 0 Å². The van der Waals surface area contributed by atoms with Crippen molar-refractivity contribution in [2.24, 2.45) is 5.92 Å². The smallest absolute Gasteiger partial charge is 0.303 e. The third-order valence-electron chi connectivity index (χ3n) is 3.93. The summed E-state index contributed by atoms with van der Waals surface area (Å²) in [5.74, 6) is -0.283. The lowest BCUT2D eigenvalue weighted by Gasteiger charge is -2.28. The molecule has 0 bridgehead atoms. The molecule has 1 aromatic carbocycles. The molecule has 21 heavy (non-hydrogen) atoms. The SMILES string of the molecule is CC(CN1CCCCC1)C(=O)c1ccc(C(F)(F)F)cc1. The number of piperidine rings is 1. The molecule has 0 radical (unpaired) electrons. The van der Waals surface area contributed by atoms with Crippen molar-refractivity contribution < 1.29 is 18.0 Å². The molecular formula is C16H20F3NO. The van der Waals surface area contributed by atoms with Crippen LogP contribution in [0, 0.1) is 5.92 Å². The number of benzene rings is 1. The summed E-state index contributed by atoms with van der Waals surface area (Å²) in [6.07, 6.45) is -0.818. The van der Waals surface area contributed by atoms with Crippen molar-refractivity contribution in [3.8, 4) is 0 Å². The van der Waals surface area contributed by atoms with Gasteiger partial charge in [0.1, 0.15) is 0 Å². The van der Waals surface area contributed by atoms with Crippen LogP contribution in [0.1, 0.15) is 42.1 Å². The lowest BCUT2D eigenvalue weighted by molar-refractivity contribution is -0.137. The molecule has 1 heterocycles. The average Bonchev–Trinajstić information content (AvgIpc) is 2.46. The van der Waals surface area contributed by atoms with Gasteiger partial charge in [-0.05, 0) is 38.1 Å². The summed E-state index contributed by atoms with van der Waals surface area (Å²) in [6, 6.07) is 4.50. The number of halogens is 3. The Morgan fingerprint density at radius 1 is 1.14 bits per heavy atom. The molecule has 2 nitrogen and oxygen atoms in total. The summed E-state index contributed by atoms with van der Waals surface area (Å²) >= 11 is 0. The van der Waals surface area contributed by atoms with Gasteiger partial charge in [-0.1, -0.05) is 25.5 Å². The molecule has 1 unspecified atom stereocenters. The maximum absolute atomic E-state index is 12.5. The fourth-order valence-electron chi connectivity index (χ4n) is 2.72. The maximum atomic E-state index is 12.5. The average molecular weight is 299 g/mol. The molecule has 116 valence electrons. The summed E-state index contributed by atoms with van der Waals surface area (Å²) in [5.41, 5.74) is -0.366. The van der Waals surface area contributed by atoms with Crippen LogP contribution in [0.25, 0.3) is 0 Å². The van der Waals surface area contributed by atoms with Gasteiger partial charge in [-0.2, -0.15) is 13.2 Å². The Kier molecular flexibility index (Phi) is 5.04. The van der Waals surface area contributed by atoms with Crippen LogP contribution in [0.15, 0.2) is 24.3 Å². The number of nitrogens with zero attached hydrogens (tertiary/aromatic N) is 1. The molecule has 0 saturated carbocycles. The van der Waals surface area contributed by atoms with Crippen molar-refractivity contribution in [2.45, 2.75) is 32.4 Å². The van der Waals surface area contributed by atoms with E-state index < -0.39 is 11.7 Å². The number of rotatable bonds is 4. The molecule has 0 aliphatic carbocycles. The van der Waals surface area contributed by atoms with Crippen molar-refractivity contribution in [1.29, 1.82) is 0 Å². The molecule has 1 atom stereocenters. The van der Waals surface area contributed by atoms with Crippen LogP contribution in [-0.4, -0.2) is 30.3 Å². The second kappa shape index (κ2) is 6.60. The Morgan fingerprint density at radius 3 is 2.24 bits per heavy atom. The standard InChI is InChI=1S/C16H20F3NO/c1-12(11-20-9-3-2-4-10-20)15(21)13-5-7-14(8-6-13)16(17,18)19/h5-8,12H,2-4,9-11H2,1H3. The van der Waals surface area contributed by atoms with E-state index in [0.29, 0.717) is 12.1 Å². The van der Waals surface area contributed by atoms with E-state index in [4.69, 9.17) is 0 Å². The number of hydrogen-bond acceptors (Lipinski definition) is 2. The van der Waals surface area contributed by atoms with Crippen LogP contribution < -0.4 is 0 Å². The Morgan fingerprint density at radius 2 is 1.71 bits per heavy atom. The molecule has 0 amide bonds. The fourth-order valence-corrected chi connectivity index (χ4v) is 2.72. The van der Waals surface area contributed by atoms with Crippen molar-refractivity contribution in [3.63, 3.8) is 0 Å². The number of carbonyl (C=O) groups excluding carboxylic acids is 1. The minimum atomic E-state index is -4.36. The number of likely N-dealkylation sites (tertiary alicyclic amines) is 1. The number of Topliss-reactive ketones (excluding diaryl/α,β-unsaturated/α-hetero) is 1. The Bertz CT molecular complexity index is 475. The summed E-state index contributed by atoms with van der Waals surface area (Å²) in [5, 5.41) is 0. The molecule has 1 aliphatic heterocycles. The first-order chi connectivity index (χ1) is 9.88. The maximum Gasteiger partial charge on any atom is 0.416 e. The van der Waals surface area contributed by atoms with Crippen LogP contribution in [0.3, 0.4) is 0 Å². The number of hydrogen-bond donors (Lipinski definition) is 0. The third-order valence-corrected chi connectivity index (χ3v) is 3.93. The number of carbonyl (C=O) groups is 1. The van der Waals surface area contributed by atoms with Gasteiger partial charge in [-0.15, -0.1) is 0 Å². The van der Waals surface area contributed by atoms with E-state index in [1.807, 2.05) is 6.92 Å². The molecule has 2 rings (SSSR count). The molecular weight excluding hydrogens is 279 g/mol. The summed E-state index contributed by atoms with van der Waals surface area (Å²) in [6.45, 7) is 4.53. The first kappa shape index (κ1) is 16.0. The monoisotopic (exact) mass is 299 g/mol. The van der Waals surface area contributed by atoms with Crippen LogP contribution in [0.2, 0.25) is 0 Å². The lowest BCUT2D eigenvalue weighted by atomic mass is 9.97. The first-order valence-corrected chi connectivity index (χ1v) is 7.32. The second-order valence-electron chi connectivity index (χ2n) is 5.70. The minimum absolute atomic E-state index is 0.0886. The molecule has 0 aromatic heterocycles. The van der Waals surface area contributed by atoms with Gasteiger partial charge in [0.05, 0.1) is 5.56 Å². The zero-order chi connectivity index (χ0) is 15.5. The molecule has 0 N–H and O–H groups in total. The van der Waals surface area contributed by atoms with Gasteiger partial charge >= 0.3 is 6.18 Å². The molecule has 1 saturated heterocycles. The van der Waals surface area contributed by atoms with Crippen LogP contribution >= 0.6 is 0 Å². The third kappa shape index (κ3) is 4.30. The molecule has 1 fully saturated rings. The highest BCUT2D eigenvalue weighted by atomic mass is 19.4. The highest BCUT2D eigenvalue weighted by Crippen LogP contribution is 2.29. The van der Waals surface area contributed by atoms with E-state index in [9.17, 15) is 18.0 Å².